The third-order valence-corrected chi connectivity index (χ3v) is 8.44. The molecule has 0 atom stereocenters. The quantitative estimate of drug-likeness (QED) is 0.190. The number of benzene rings is 8. The topological polar surface area (TPSA) is 17.8 Å². The van der Waals surface area contributed by atoms with Gasteiger partial charge in [0.15, 0.2) is 0 Å². The smallest absolute Gasteiger partial charge is 0.145 e. The van der Waals surface area contributed by atoms with E-state index in [1.807, 2.05) is 84.9 Å². The molecule has 0 aliphatic carbocycles. The van der Waals surface area contributed by atoms with Crippen molar-refractivity contribution in [1.82, 2.24) is 9.55 Å². The molecule has 2 nitrogen and oxygen atoms in total. The summed E-state index contributed by atoms with van der Waals surface area (Å²) in [6.07, 6.45) is 0. The van der Waals surface area contributed by atoms with Crippen LogP contribution < -0.4 is 0 Å². The molecule has 0 radical (unpaired) electrons. The number of rotatable bonds is 4. The van der Waals surface area contributed by atoms with Crippen LogP contribution in [0.25, 0.3) is 82.7 Å². The summed E-state index contributed by atoms with van der Waals surface area (Å²) in [4.78, 5) is 5.04. The summed E-state index contributed by atoms with van der Waals surface area (Å²) in [6, 6.07) is 39.8. The fraction of sp³-hybridized carbons (Fsp3) is 0. The van der Waals surface area contributed by atoms with Crippen molar-refractivity contribution in [3.63, 3.8) is 0 Å². The Balaban J connectivity index is 1.29. The lowest BCUT2D eigenvalue weighted by atomic mass is 9.85. The number of hydrogen-bond acceptors (Lipinski definition) is 1. The summed E-state index contributed by atoms with van der Waals surface area (Å²) >= 11 is 0. The zero-order chi connectivity index (χ0) is 35.8. The number of fused-ring (bicyclic) bond motifs is 4. The third kappa shape index (κ3) is 4.15. The number of imidazole rings is 1. The number of hydrogen-bond donors (Lipinski definition) is 0. The van der Waals surface area contributed by atoms with Crippen molar-refractivity contribution in [2.45, 2.75) is 0 Å². The minimum Gasteiger partial charge on any atom is -0.292 e. The van der Waals surface area contributed by atoms with E-state index in [2.05, 4.69) is 47.0 Å². The summed E-state index contributed by atoms with van der Waals surface area (Å²) in [6.45, 7) is 0. The van der Waals surface area contributed by atoms with Crippen LogP contribution in [0.1, 0.15) is 9.60 Å². The highest BCUT2D eigenvalue weighted by Gasteiger charge is 2.18. The largest absolute Gasteiger partial charge is 0.292 e. The molecule has 9 rings (SSSR count). The first-order valence-corrected chi connectivity index (χ1v) is 14.8. The van der Waals surface area contributed by atoms with Crippen LogP contribution in [-0.2, 0) is 0 Å². The maximum atomic E-state index is 9.35. The first-order valence-electron chi connectivity index (χ1n) is 18.3. The summed E-state index contributed by atoms with van der Waals surface area (Å²) in [5.74, 6) is 0.829. The molecule has 210 valence electrons. The van der Waals surface area contributed by atoms with Crippen LogP contribution in [0.5, 0.6) is 0 Å². The minimum atomic E-state index is -0.485. The summed E-state index contributed by atoms with van der Waals surface area (Å²) < 4.78 is 63.3. The summed E-state index contributed by atoms with van der Waals surface area (Å²) in [5, 5.41) is 3.15. The van der Waals surface area contributed by atoms with E-state index in [-0.39, 0.29) is 40.5 Å². The normalized spacial score (nSPS) is 13.7. The van der Waals surface area contributed by atoms with Crippen molar-refractivity contribution in [1.29, 1.82) is 0 Å². The van der Waals surface area contributed by atoms with E-state index in [1.165, 1.54) is 0 Å². The van der Waals surface area contributed by atoms with Gasteiger partial charge in [0.2, 0.25) is 0 Å². The molecule has 45 heavy (non-hydrogen) atoms. The molecule has 0 saturated carbocycles. The van der Waals surface area contributed by atoms with Crippen molar-refractivity contribution in [3.05, 3.63) is 170 Å². The van der Waals surface area contributed by atoms with Crippen LogP contribution >= 0.6 is 0 Å². The van der Waals surface area contributed by atoms with Gasteiger partial charge in [0, 0.05) is 11.3 Å². The van der Waals surface area contributed by atoms with E-state index < -0.39 is 18.1 Å². The third-order valence-electron chi connectivity index (χ3n) is 8.44. The molecule has 0 bridgehead atoms. The van der Waals surface area contributed by atoms with E-state index >= 15 is 0 Å². The highest BCUT2D eigenvalue weighted by Crippen LogP contribution is 2.44. The molecule has 1 heterocycles. The number of nitrogens with zero attached hydrogens (tertiary/aromatic N) is 2. The zero-order valence-electron chi connectivity index (χ0n) is 31.0. The van der Waals surface area contributed by atoms with Gasteiger partial charge in [-0.15, -0.1) is 0 Å². The number of para-hydroxylation sites is 3. The van der Waals surface area contributed by atoms with Gasteiger partial charge in [-0.25, -0.2) is 4.98 Å². The maximum Gasteiger partial charge on any atom is 0.145 e. The van der Waals surface area contributed by atoms with Crippen LogP contribution in [0.15, 0.2) is 170 Å². The average molecular weight is 580 g/mol. The van der Waals surface area contributed by atoms with Crippen molar-refractivity contribution in [2.24, 2.45) is 0 Å². The first kappa shape index (κ1) is 19.3. The molecule has 0 N–H and O–H groups in total. The van der Waals surface area contributed by atoms with Gasteiger partial charge in [-0.1, -0.05) is 139 Å². The molecule has 0 fully saturated rings. The lowest BCUT2D eigenvalue weighted by molar-refractivity contribution is 1.10. The number of aromatic nitrogens is 2. The van der Waals surface area contributed by atoms with E-state index in [9.17, 15) is 2.74 Å². The SMILES string of the molecule is [2H]c1c([2H])c([2H])c2c([2H])c(-c3c4ccccc4c(-c4ccc(-c5nc6ccccc6n5-c5ccccc5)cc4)c4ccccc34)c([2H])c([2H])c2c1[2H]. The Morgan fingerprint density at radius 2 is 1.02 bits per heavy atom. The monoisotopic (exact) mass is 579 g/mol. The fourth-order valence-corrected chi connectivity index (χ4v) is 6.46. The van der Waals surface area contributed by atoms with Crippen LogP contribution in [0.3, 0.4) is 0 Å². The van der Waals surface area contributed by atoms with Crippen molar-refractivity contribution in [3.8, 4) is 39.3 Å². The van der Waals surface area contributed by atoms with Gasteiger partial charge >= 0.3 is 0 Å². The molecule has 0 saturated heterocycles. The van der Waals surface area contributed by atoms with Crippen LogP contribution in [0.4, 0.5) is 0 Å². The summed E-state index contributed by atoms with van der Waals surface area (Å²) in [5.41, 5.74) is 6.59. The molecule has 9 aromatic rings. The van der Waals surface area contributed by atoms with Gasteiger partial charge in [-0.05, 0) is 84.9 Å². The highest BCUT2D eigenvalue weighted by molar-refractivity contribution is 6.21. The molecule has 0 aliphatic heterocycles. The van der Waals surface area contributed by atoms with Gasteiger partial charge in [0.1, 0.15) is 5.82 Å². The molecular weight excluding hydrogens is 544 g/mol. The Morgan fingerprint density at radius 3 is 1.71 bits per heavy atom. The van der Waals surface area contributed by atoms with E-state index in [0.717, 1.165) is 60.8 Å². The second-order valence-electron chi connectivity index (χ2n) is 11.0. The van der Waals surface area contributed by atoms with Gasteiger partial charge in [-0.2, -0.15) is 0 Å². The lowest BCUT2D eigenvalue weighted by Crippen LogP contribution is -1.97. The minimum absolute atomic E-state index is 0.0589. The first-order chi connectivity index (χ1) is 25.3. The molecule has 8 aromatic carbocycles. The Bertz CT molecular complexity index is 2860. The fourth-order valence-electron chi connectivity index (χ4n) is 6.46. The Morgan fingerprint density at radius 1 is 0.467 bits per heavy atom. The molecule has 2 heteroatoms. The van der Waals surface area contributed by atoms with E-state index in [4.69, 9.17) is 11.8 Å². The Kier molecular flexibility index (Phi) is 4.43. The average Bonchev–Trinajstić information content (AvgIpc) is 3.57. The molecule has 0 spiro atoms. The highest BCUT2D eigenvalue weighted by atomic mass is 15.1. The van der Waals surface area contributed by atoms with Crippen molar-refractivity contribution >= 4 is 43.4 Å². The van der Waals surface area contributed by atoms with Gasteiger partial charge in [-0.3, -0.25) is 4.57 Å². The van der Waals surface area contributed by atoms with E-state index in [0.29, 0.717) is 5.56 Å². The Labute approximate surface area is 271 Å². The lowest BCUT2D eigenvalue weighted by Gasteiger charge is -2.18. The van der Waals surface area contributed by atoms with Gasteiger partial charge in [0.25, 0.3) is 0 Å². The molecule has 0 amide bonds. The van der Waals surface area contributed by atoms with Crippen molar-refractivity contribution in [2.75, 3.05) is 0 Å². The van der Waals surface area contributed by atoms with Gasteiger partial charge in [0.05, 0.1) is 20.6 Å². The molecule has 0 aliphatic rings. The van der Waals surface area contributed by atoms with Crippen molar-refractivity contribution < 1.29 is 9.60 Å². The summed E-state index contributed by atoms with van der Waals surface area (Å²) in [7, 11) is 0. The van der Waals surface area contributed by atoms with E-state index in [1.54, 1.807) is 0 Å². The predicted octanol–water partition coefficient (Wildman–Crippen LogP) is 11.5. The molecule has 1 aromatic heterocycles. The second kappa shape index (κ2) is 10.3. The standard InChI is InChI=1S/C43H28N2/c1-2-14-34(15-3-1)45-40-21-11-10-20-39(40)44-43(45)31-25-23-30(24-26-31)41-35-16-6-8-18-37(35)42(38-19-9-7-17-36(38)41)33-27-22-29-12-4-5-13-32(29)28-33/h1-28H/i4D,5D,12D,13D,22D,27D,28D. The van der Waals surface area contributed by atoms with Crippen LogP contribution in [0.2, 0.25) is 0 Å². The predicted molar refractivity (Wildman–Crippen MR) is 190 cm³/mol. The molecular formula is C43H28N2. The van der Waals surface area contributed by atoms with Gasteiger partial charge < -0.3 is 0 Å². The second-order valence-corrected chi connectivity index (χ2v) is 11.0. The van der Waals surface area contributed by atoms with Crippen LogP contribution in [-0.4, -0.2) is 9.55 Å². The zero-order valence-corrected chi connectivity index (χ0v) is 24.0. The Hall–Kier alpha value is -5.99. The molecule has 0 unspecified atom stereocenters. The van der Waals surface area contributed by atoms with Crippen LogP contribution in [0, 0.1) is 0 Å². The maximum absolute atomic E-state index is 9.35.